The molecule has 1 aliphatic carbocycles. The molecule has 0 atom stereocenters. The van der Waals surface area contributed by atoms with Crippen LogP contribution in [0.2, 0.25) is 0 Å². The molecule has 2 aromatic rings. The molecule has 25 heavy (non-hydrogen) atoms. The molecule has 2 aliphatic rings. The molecule has 8 nitrogen and oxygen atoms in total. The van der Waals surface area contributed by atoms with Crippen LogP contribution in [0.1, 0.15) is 12.8 Å². The maximum Gasteiger partial charge on any atom is 0.278 e. The third kappa shape index (κ3) is 3.11. The first-order valence-corrected chi connectivity index (χ1v) is 8.52. The lowest BCUT2D eigenvalue weighted by molar-refractivity contribution is -0.140. The summed E-state index contributed by atoms with van der Waals surface area (Å²) in [6, 6.07) is 6.93. The van der Waals surface area contributed by atoms with Crippen LogP contribution in [0.3, 0.4) is 0 Å². The predicted octanol–water partition coefficient (Wildman–Crippen LogP) is -0.128. The molecule has 1 saturated heterocycles. The molecule has 1 aromatic heterocycles. The number of fused-ring (bicyclic) bond motifs is 1. The maximum atomic E-state index is 12.5. The monoisotopic (exact) mass is 341 g/mol. The predicted molar refractivity (Wildman–Crippen MR) is 89.7 cm³/mol. The van der Waals surface area contributed by atoms with Gasteiger partial charge in [0.2, 0.25) is 11.8 Å². The summed E-state index contributed by atoms with van der Waals surface area (Å²) in [7, 11) is 0. The van der Waals surface area contributed by atoms with Gasteiger partial charge < -0.3 is 9.80 Å². The van der Waals surface area contributed by atoms with Gasteiger partial charge in [0.25, 0.3) is 5.56 Å². The van der Waals surface area contributed by atoms with Crippen molar-refractivity contribution in [1.29, 1.82) is 0 Å². The Hall–Kier alpha value is -2.77. The van der Waals surface area contributed by atoms with Crippen LogP contribution in [-0.2, 0) is 16.1 Å². The van der Waals surface area contributed by atoms with E-state index in [0.717, 1.165) is 17.5 Å². The van der Waals surface area contributed by atoms with Gasteiger partial charge in [0.15, 0.2) is 0 Å². The summed E-state index contributed by atoms with van der Waals surface area (Å²) in [6.07, 6.45) is 1.98. The molecular formula is C17H19N5O3. The Bertz CT molecular complexity index is 881. The van der Waals surface area contributed by atoms with E-state index < -0.39 is 0 Å². The third-order valence-corrected chi connectivity index (χ3v) is 4.78. The van der Waals surface area contributed by atoms with Gasteiger partial charge in [0, 0.05) is 32.1 Å². The standard InChI is InChI=1S/C17H19N5O3/c23-15(20-7-9-21(10-8-20)16(24)12-5-6-12)11-22-17(25)13-3-1-2-4-14(13)18-19-22/h1-4,12H,5-11H2. The first kappa shape index (κ1) is 15.7. The summed E-state index contributed by atoms with van der Waals surface area (Å²) < 4.78 is 1.10. The minimum Gasteiger partial charge on any atom is -0.339 e. The average molecular weight is 341 g/mol. The zero-order chi connectivity index (χ0) is 17.4. The van der Waals surface area contributed by atoms with Gasteiger partial charge in [-0.05, 0) is 25.0 Å². The van der Waals surface area contributed by atoms with Crippen LogP contribution >= 0.6 is 0 Å². The summed E-state index contributed by atoms with van der Waals surface area (Å²) in [5, 5.41) is 8.30. The molecule has 2 amide bonds. The number of hydrogen-bond donors (Lipinski definition) is 0. The number of rotatable bonds is 3. The largest absolute Gasteiger partial charge is 0.339 e. The maximum absolute atomic E-state index is 12.5. The smallest absolute Gasteiger partial charge is 0.278 e. The van der Waals surface area contributed by atoms with Gasteiger partial charge in [-0.25, -0.2) is 4.68 Å². The Balaban J connectivity index is 1.42. The molecule has 0 bridgehead atoms. The lowest BCUT2D eigenvalue weighted by Gasteiger charge is -2.34. The highest BCUT2D eigenvalue weighted by Crippen LogP contribution is 2.31. The van der Waals surface area contributed by atoms with Crippen molar-refractivity contribution in [2.75, 3.05) is 26.2 Å². The van der Waals surface area contributed by atoms with E-state index in [1.807, 2.05) is 4.90 Å². The molecule has 2 heterocycles. The van der Waals surface area contributed by atoms with Gasteiger partial charge in [-0.1, -0.05) is 17.3 Å². The van der Waals surface area contributed by atoms with Crippen LogP contribution in [0.4, 0.5) is 0 Å². The summed E-state index contributed by atoms with van der Waals surface area (Å²) >= 11 is 0. The van der Waals surface area contributed by atoms with E-state index in [2.05, 4.69) is 10.3 Å². The SMILES string of the molecule is O=C(Cn1nnc2ccccc2c1=O)N1CCN(C(=O)C2CC2)CC1. The number of carbonyl (C=O) groups excluding carboxylic acids is 2. The highest BCUT2D eigenvalue weighted by Gasteiger charge is 2.35. The first-order chi connectivity index (χ1) is 12.1. The topological polar surface area (TPSA) is 88.4 Å². The lowest BCUT2D eigenvalue weighted by atomic mass is 10.2. The fourth-order valence-electron chi connectivity index (χ4n) is 3.12. The van der Waals surface area contributed by atoms with Crippen molar-refractivity contribution in [3.8, 4) is 0 Å². The Morgan fingerprint density at radius 3 is 2.44 bits per heavy atom. The normalized spacial score (nSPS) is 17.8. The quantitative estimate of drug-likeness (QED) is 0.776. The van der Waals surface area contributed by atoms with Crippen LogP contribution in [0, 0.1) is 5.92 Å². The van der Waals surface area contributed by atoms with Crippen LogP contribution in [0.15, 0.2) is 29.1 Å². The van der Waals surface area contributed by atoms with Crippen LogP contribution in [0.25, 0.3) is 10.9 Å². The molecule has 1 aliphatic heterocycles. The average Bonchev–Trinajstić information content (AvgIpc) is 3.49. The van der Waals surface area contributed by atoms with Crippen molar-refractivity contribution in [3.63, 3.8) is 0 Å². The first-order valence-electron chi connectivity index (χ1n) is 8.52. The molecule has 8 heteroatoms. The van der Waals surface area contributed by atoms with E-state index in [9.17, 15) is 14.4 Å². The number of amides is 2. The Morgan fingerprint density at radius 2 is 1.72 bits per heavy atom. The summed E-state index contributed by atoms with van der Waals surface area (Å²) in [4.78, 5) is 40.5. The number of hydrogen-bond acceptors (Lipinski definition) is 5. The fraction of sp³-hybridized carbons (Fsp3) is 0.471. The second-order valence-corrected chi connectivity index (χ2v) is 6.55. The van der Waals surface area contributed by atoms with E-state index >= 15 is 0 Å². The Kier molecular flexibility index (Phi) is 3.95. The van der Waals surface area contributed by atoms with E-state index in [0.29, 0.717) is 37.1 Å². The zero-order valence-corrected chi connectivity index (χ0v) is 13.8. The van der Waals surface area contributed by atoms with Crippen molar-refractivity contribution in [1.82, 2.24) is 24.8 Å². The number of aromatic nitrogens is 3. The molecule has 0 unspecified atom stereocenters. The van der Waals surface area contributed by atoms with E-state index in [4.69, 9.17) is 0 Å². The number of piperazine rings is 1. The minimum atomic E-state index is -0.318. The van der Waals surface area contributed by atoms with Gasteiger partial charge >= 0.3 is 0 Å². The Labute approximate surface area is 144 Å². The second kappa shape index (κ2) is 6.27. The number of carbonyl (C=O) groups is 2. The van der Waals surface area contributed by atoms with Crippen LogP contribution in [-0.4, -0.2) is 62.8 Å². The molecule has 1 saturated carbocycles. The highest BCUT2D eigenvalue weighted by molar-refractivity contribution is 5.82. The van der Waals surface area contributed by atoms with Gasteiger partial charge in [-0.15, -0.1) is 5.10 Å². The fourth-order valence-corrected chi connectivity index (χ4v) is 3.12. The van der Waals surface area contributed by atoms with Crippen molar-refractivity contribution in [2.45, 2.75) is 19.4 Å². The molecule has 0 radical (unpaired) electrons. The summed E-state index contributed by atoms with van der Waals surface area (Å²) in [5.41, 5.74) is 0.199. The van der Waals surface area contributed by atoms with Gasteiger partial charge in [-0.2, -0.15) is 0 Å². The van der Waals surface area contributed by atoms with Crippen LogP contribution in [0.5, 0.6) is 0 Å². The Morgan fingerprint density at radius 1 is 1.04 bits per heavy atom. The molecule has 0 N–H and O–H groups in total. The van der Waals surface area contributed by atoms with E-state index in [1.54, 1.807) is 29.2 Å². The molecular weight excluding hydrogens is 322 g/mol. The van der Waals surface area contributed by atoms with Gasteiger partial charge in [0.05, 0.1) is 5.39 Å². The number of benzene rings is 1. The van der Waals surface area contributed by atoms with Crippen molar-refractivity contribution in [3.05, 3.63) is 34.6 Å². The van der Waals surface area contributed by atoms with Gasteiger partial charge in [-0.3, -0.25) is 14.4 Å². The van der Waals surface area contributed by atoms with Crippen molar-refractivity contribution in [2.24, 2.45) is 5.92 Å². The molecule has 130 valence electrons. The molecule has 2 fully saturated rings. The molecule has 0 spiro atoms. The van der Waals surface area contributed by atoms with E-state index in [1.165, 1.54) is 0 Å². The van der Waals surface area contributed by atoms with Crippen LogP contribution < -0.4 is 5.56 Å². The summed E-state index contributed by atoms with van der Waals surface area (Å²) in [6.45, 7) is 1.96. The van der Waals surface area contributed by atoms with Crippen molar-refractivity contribution >= 4 is 22.7 Å². The second-order valence-electron chi connectivity index (χ2n) is 6.55. The zero-order valence-electron chi connectivity index (χ0n) is 13.8. The number of nitrogens with zero attached hydrogens (tertiary/aromatic N) is 5. The lowest BCUT2D eigenvalue weighted by Crippen LogP contribution is -2.52. The van der Waals surface area contributed by atoms with E-state index in [-0.39, 0.29) is 29.8 Å². The summed E-state index contributed by atoms with van der Waals surface area (Å²) in [5.74, 6) is 0.239. The van der Waals surface area contributed by atoms with Gasteiger partial charge in [0.1, 0.15) is 12.1 Å². The molecule has 4 rings (SSSR count). The highest BCUT2D eigenvalue weighted by atomic mass is 16.2. The molecule has 1 aromatic carbocycles. The van der Waals surface area contributed by atoms with Crippen molar-refractivity contribution < 1.29 is 9.59 Å². The minimum absolute atomic E-state index is 0.132. The third-order valence-electron chi connectivity index (χ3n) is 4.78.